The average Bonchev–Trinajstić information content (AvgIpc) is 2.66. The lowest BCUT2D eigenvalue weighted by molar-refractivity contribution is 0.0853. The highest BCUT2D eigenvalue weighted by Crippen LogP contribution is 2.32. The predicted octanol–water partition coefficient (Wildman–Crippen LogP) is 3.14. The molecule has 0 unspecified atom stereocenters. The first-order valence-electron chi connectivity index (χ1n) is 8.83. The third-order valence-electron chi connectivity index (χ3n) is 4.83. The quantitative estimate of drug-likeness (QED) is 0.910. The van der Waals surface area contributed by atoms with E-state index in [1.165, 1.54) is 5.56 Å². The van der Waals surface area contributed by atoms with Crippen molar-refractivity contribution in [2.24, 2.45) is 0 Å². The van der Waals surface area contributed by atoms with Gasteiger partial charge in [-0.1, -0.05) is 0 Å². The topological polar surface area (TPSA) is 74.1 Å². The van der Waals surface area contributed by atoms with E-state index in [1.807, 2.05) is 11.0 Å². The van der Waals surface area contributed by atoms with Crippen molar-refractivity contribution in [3.05, 3.63) is 41.6 Å². The van der Waals surface area contributed by atoms with Gasteiger partial charge in [0.25, 0.3) is 0 Å². The Hall–Kier alpha value is -2.72. The summed E-state index contributed by atoms with van der Waals surface area (Å²) in [5, 5.41) is 12.2. The highest BCUT2D eigenvalue weighted by atomic mass is 19.1. The molecule has 2 aliphatic heterocycles. The van der Waals surface area contributed by atoms with Gasteiger partial charge < -0.3 is 15.0 Å². The Morgan fingerprint density at radius 1 is 1.19 bits per heavy atom. The van der Waals surface area contributed by atoms with Crippen LogP contribution in [0.2, 0.25) is 0 Å². The normalized spacial score (nSPS) is 18.2. The SMILES string of the molecule is N#Cc1ccnc(Nc2cc(C3CCOCC3)cc(N3CC(F)C3)n2)c1. The molecule has 6 nitrogen and oxygen atoms in total. The number of alkyl halides is 1. The van der Waals surface area contributed by atoms with E-state index >= 15 is 0 Å². The van der Waals surface area contributed by atoms with E-state index in [-0.39, 0.29) is 0 Å². The second-order valence-electron chi connectivity index (χ2n) is 6.70. The summed E-state index contributed by atoms with van der Waals surface area (Å²) in [5.74, 6) is 2.42. The summed E-state index contributed by atoms with van der Waals surface area (Å²) in [4.78, 5) is 10.8. The first-order chi connectivity index (χ1) is 12.7. The number of nitrogens with zero attached hydrogens (tertiary/aromatic N) is 4. The van der Waals surface area contributed by atoms with Crippen molar-refractivity contribution in [3.63, 3.8) is 0 Å². The fraction of sp³-hybridized carbons (Fsp3) is 0.421. The zero-order valence-corrected chi connectivity index (χ0v) is 14.4. The van der Waals surface area contributed by atoms with Gasteiger partial charge in [-0.25, -0.2) is 14.4 Å². The molecular formula is C19H20FN5O. The summed E-state index contributed by atoms with van der Waals surface area (Å²) in [6, 6.07) is 9.53. The monoisotopic (exact) mass is 353 g/mol. The zero-order valence-electron chi connectivity index (χ0n) is 14.4. The molecule has 26 heavy (non-hydrogen) atoms. The summed E-state index contributed by atoms with van der Waals surface area (Å²) in [7, 11) is 0. The minimum Gasteiger partial charge on any atom is -0.381 e. The summed E-state index contributed by atoms with van der Waals surface area (Å²) >= 11 is 0. The Morgan fingerprint density at radius 3 is 2.73 bits per heavy atom. The van der Waals surface area contributed by atoms with Crippen LogP contribution in [-0.2, 0) is 4.74 Å². The molecule has 0 bridgehead atoms. The molecule has 0 atom stereocenters. The van der Waals surface area contributed by atoms with Crippen molar-refractivity contribution in [3.8, 4) is 6.07 Å². The Morgan fingerprint density at radius 2 is 2.00 bits per heavy atom. The molecule has 0 radical (unpaired) electrons. The fourth-order valence-electron chi connectivity index (χ4n) is 3.34. The summed E-state index contributed by atoms with van der Waals surface area (Å²) in [5.41, 5.74) is 1.71. The third-order valence-corrected chi connectivity index (χ3v) is 4.83. The Kier molecular flexibility index (Phi) is 4.67. The molecule has 7 heteroatoms. The number of hydrogen-bond acceptors (Lipinski definition) is 6. The van der Waals surface area contributed by atoms with Crippen LogP contribution in [0.15, 0.2) is 30.5 Å². The van der Waals surface area contributed by atoms with Crippen LogP contribution in [-0.4, -0.2) is 42.4 Å². The molecule has 2 aromatic rings. The van der Waals surface area contributed by atoms with Crippen LogP contribution in [0.25, 0.3) is 0 Å². The second-order valence-corrected chi connectivity index (χ2v) is 6.70. The van der Waals surface area contributed by atoms with E-state index in [2.05, 4.69) is 27.4 Å². The van der Waals surface area contributed by atoms with E-state index in [9.17, 15) is 4.39 Å². The standard InChI is InChI=1S/C19H20FN5O/c20-16-11-25(12-16)19-9-15(14-2-5-26-6-3-14)8-18(24-19)23-17-7-13(10-21)1-4-22-17/h1,4,7-9,14,16H,2-3,5-6,11-12H2,(H,22,23,24). The smallest absolute Gasteiger partial charge is 0.135 e. The highest BCUT2D eigenvalue weighted by molar-refractivity contribution is 5.59. The molecule has 2 saturated heterocycles. The number of rotatable bonds is 4. The van der Waals surface area contributed by atoms with Gasteiger partial charge >= 0.3 is 0 Å². The molecule has 2 fully saturated rings. The van der Waals surface area contributed by atoms with Gasteiger partial charge in [0.1, 0.15) is 23.6 Å². The summed E-state index contributed by atoms with van der Waals surface area (Å²) in [6.07, 6.45) is 2.75. The minimum atomic E-state index is -0.783. The lowest BCUT2D eigenvalue weighted by Gasteiger charge is -2.36. The van der Waals surface area contributed by atoms with Gasteiger partial charge in [0.05, 0.1) is 24.7 Å². The van der Waals surface area contributed by atoms with E-state index in [0.717, 1.165) is 31.9 Å². The maximum atomic E-state index is 13.3. The Labute approximate surface area is 151 Å². The maximum Gasteiger partial charge on any atom is 0.135 e. The lowest BCUT2D eigenvalue weighted by Crippen LogP contribution is -2.48. The average molecular weight is 353 g/mol. The number of anilines is 3. The number of nitriles is 1. The van der Waals surface area contributed by atoms with Gasteiger partial charge in [-0.2, -0.15) is 5.26 Å². The molecule has 0 amide bonds. The molecule has 134 valence electrons. The van der Waals surface area contributed by atoms with E-state index < -0.39 is 6.17 Å². The van der Waals surface area contributed by atoms with Crippen LogP contribution in [0.3, 0.4) is 0 Å². The van der Waals surface area contributed by atoms with Gasteiger partial charge in [-0.15, -0.1) is 0 Å². The number of hydrogen-bond donors (Lipinski definition) is 1. The molecule has 0 saturated carbocycles. The van der Waals surface area contributed by atoms with Crippen LogP contribution in [0, 0.1) is 11.3 Å². The predicted molar refractivity (Wildman–Crippen MR) is 96.4 cm³/mol. The van der Waals surface area contributed by atoms with Gasteiger partial charge in [0.15, 0.2) is 0 Å². The van der Waals surface area contributed by atoms with Crippen LogP contribution in [0.5, 0.6) is 0 Å². The number of nitrogens with one attached hydrogen (secondary N) is 1. The van der Waals surface area contributed by atoms with Crippen LogP contribution < -0.4 is 10.2 Å². The van der Waals surface area contributed by atoms with Crippen LogP contribution in [0.1, 0.15) is 29.9 Å². The molecule has 2 aromatic heterocycles. The van der Waals surface area contributed by atoms with Crippen molar-refractivity contribution in [1.82, 2.24) is 9.97 Å². The van der Waals surface area contributed by atoms with Crippen molar-refractivity contribution in [1.29, 1.82) is 5.26 Å². The highest BCUT2D eigenvalue weighted by Gasteiger charge is 2.28. The summed E-state index contributed by atoms with van der Waals surface area (Å²) < 4.78 is 18.8. The molecule has 2 aliphatic rings. The van der Waals surface area contributed by atoms with E-state index in [4.69, 9.17) is 10.00 Å². The first kappa shape index (κ1) is 16.7. The molecule has 1 N–H and O–H groups in total. The number of pyridine rings is 2. The molecule has 0 aromatic carbocycles. The molecule has 4 heterocycles. The van der Waals surface area contributed by atoms with Crippen molar-refractivity contribution in [2.45, 2.75) is 24.9 Å². The maximum absolute atomic E-state index is 13.3. The largest absolute Gasteiger partial charge is 0.381 e. The molecular weight excluding hydrogens is 333 g/mol. The van der Waals surface area contributed by atoms with Crippen molar-refractivity contribution >= 4 is 17.5 Å². The fourth-order valence-corrected chi connectivity index (χ4v) is 3.34. The third kappa shape index (κ3) is 3.60. The summed E-state index contributed by atoms with van der Waals surface area (Å²) in [6.45, 7) is 2.28. The van der Waals surface area contributed by atoms with Gasteiger partial charge in [0.2, 0.25) is 0 Å². The van der Waals surface area contributed by atoms with Crippen LogP contribution >= 0.6 is 0 Å². The van der Waals surface area contributed by atoms with E-state index in [0.29, 0.717) is 36.2 Å². The van der Waals surface area contributed by atoms with Crippen molar-refractivity contribution in [2.75, 3.05) is 36.5 Å². The Balaban J connectivity index is 1.63. The Bertz CT molecular complexity index is 825. The second kappa shape index (κ2) is 7.26. The van der Waals surface area contributed by atoms with Crippen LogP contribution in [0.4, 0.5) is 21.8 Å². The molecule has 4 rings (SSSR count). The van der Waals surface area contributed by atoms with E-state index in [1.54, 1.807) is 18.3 Å². The number of aromatic nitrogens is 2. The van der Waals surface area contributed by atoms with Gasteiger partial charge in [-0.05, 0) is 48.6 Å². The van der Waals surface area contributed by atoms with Crippen molar-refractivity contribution < 1.29 is 9.13 Å². The molecule has 0 aliphatic carbocycles. The first-order valence-corrected chi connectivity index (χ1v) is 8.83. The number of halogens is 1. The molecule has 0 spiro atoms. The lowest BCUT2D eigenvalue weighted by atomic mass is 9.92. The minimum absolute atomic E-state index is 0.381. The number of ether oxygens (including phenoxy) is 1. The van der Waals surface area contributed by atoms with Gasteiger partial charge in [-0.3, -0.25) is 0 Å². The zero-order chi connectivity index (χ0) is 17.9. The van der Waals surface area contributed by atoms with Gasteiger partial charge in [0, 0.05) is 19.4 Å².